The van der Waals surface area contributed by atoms with E-state index in [2.05, 4.69) is 50.4 Å². The van der Waals surface area contributed by atoms with E-state index < -0.39 is 0 Å². The molecule has 1 atom stereocenters. The van der Waals surface area contributed by atoms with Gasteiger partial charge < -0.3 is 5.32 Å². The minimum Gasteiger partial charge on any atom is -0.306 e. The van der Waals surface area contributed by atoms with Gasteiger partial charge in [0.25, 0.3) is 0 Å². The van der Waals surface area contributed by atoms with Crippen molar-refractivity contribution in [3.05, 3.63) is 69.2 Å². The zero-order valence-corrected chi connectivity index (χ0v) is 14.2. The summed E-state index contributed by atoms with van der Waals surface area (Å²) < 4.78 is 0. The SMILES string of the molecule is CCNC(c1ccc(C(C)C)cc1)c1cc(Cl)ccc1Cl. The van der Waals surface area contributed by atoms with Crippen LogP contribution in [0.4, 0.5) is 0 Å². The van der Waals surface area contributed by atoms with Crippen LogP contribution in [-0.2, 0) is 0 Å². The lowest BCUT2D eigenvalue weighted by molar-refractivity contribution is 0.630. The molecule has 21 heavy (non-hydrogen) atoms. The summed E-state index contributed by atoms with van der Waals surface area (Å²) in [4.78, 5) is 0. The summed E-state index contributed by atoms with van der Waals surface area (Å²) >= 11 is 12.5. The standard InChI is InChI=1S/C18H21Cl2N/c1-4-21-18(16-11-15(19)9-10-17(16)20)14-7-5-13(6-8-14)12(2)3/h5-12,18,21H,4H2,1-3H3. The zero-order valence-electron chi connectivity index (χ0n) is 12.7. The third-order valence-corrected chi connectivity index (χ3v) is 4.19. The first kappa shape index (κ1) is 16.4. The summed E-state index contributed by atoms with van der Waals surface area (Å²) in [6.07, 6.45) is 0. The van der Waals surface area contributed by atoms with Gasteiger partial charge in [-0.2, -0.15) is 0 Å². The number of hydrogen-bond acceptors (Lipinski definition) is 1. The third kappa shape index (κ3) is 4.00. The molecule has 0 amide bonds. The first-order chi connectivity index (χ1) is 10.0. The molecule has 0 aliphatic heterocycles. The van der Waals surface area contributed by atoms with Crippen LogP contribution in [0.5, 0.6) is 0 Å². The predicted octanol–water partition coefficient (Wildman–Crippen LogP) is 5.82. The molecule has 0 heterocycles. The Morgan fingerprint density at radius 3 is 2.14 bits per heavy atom. The van der Waals surface area contributed by atoms with E-state index >= 15 is 0 Å². The van der Waals surface area contributed by atoms with Crippen LogP contribution in [-0.4, -0.2) is 6.54 Å². The Bertz CT molecular complexity index is 591. The molecule has 0 spiro atoms. The molecule has 0 aliphatic carbocycles. The van der Waals surface area contributed by atoms with Crippen LogP contribution in [0.2, 0.25) is 10.0 Å². The van der Waals surface area contributed by atoms with Crippen molar-refractivity contribution in [1.82, 2.24) is 5.32 Å². The molecule has 1 N–H and O–H groups in total. The van der Waals surface area contributed by atoms with Gasteiger partial charge in [-0.05, 0) is 47.4 Å². The molecule has 0 radical (unpaired) electrons. The van der Waals surface area contributed by atoms with E-state index in [1.165, 1.54) is 11.1 Å². The molecule has 0 fully saturated rings. The largest absolute Gasteiger partial charge is 0.306 e. The number of rotatable bonds is 5. The van der Waals surface area contributed by atoms with E-state index in [0.29, 0.717) is 10.9 Å². The highest BCUT2D eigenvalue weighted by molar-refractivity contribution is 6.33. The minimum atomic E-state index is 0.0578. The summed E-state index contributed by atoms with van der Waals surface area (Å²) in [6, 6.07) is 14.4. The van der Waals surface area contributed by atoms with Crippen molar-refractivity contribution >= 4 is 23.2 Å². The van der Waals surface area contributed by atoms with Gasteiger partial charge in [-0.3, -0.25) is 0 Å². The minimum absolute atomic E-state index is 0.0578. The van der Waals surface area contributed by atoms with Crippen LogP contribution in [0.3, 0.4) is 0 Å². The maximum atomic E-state index is 6.36. The lowest BCUT2D eigenvalue weighted by atomic mass is 9.95. The van der Waals surface area contributed by atoms with E-state index in [1.54, 1.807) is 0 Å². The van der Waals surface area contributed by atoms with E-state index in [1.807, 2.05) is 18.2 Å². The molecule has 0 saturated carbocycles. The lowest BCUT2D eigenvalue weighted by Crippen LogP contribution is -2.22. The van der Waals surface area contributed by atoms with Crippen molar-refractivity contribution in [2.24, 2.45) is 0 Å². The molecule has 0 saturated heterocycles. The van der Waals surface area contributed by atoms with E-state index in [0.717, 1.165) is 17.1 Å². The maximum absolute atomic E-state index is 6.36. The van der Waals surface area contributed by atoms with Gasteiger partial charge in [0.05, 0.1) is 6.04 Å². The molecule has 0 aliphatic rings. The van der Waals surface area contributed by atoms with Crippen LogP contribution in [0, 0.1) is 0 Å². The Kier molecular flexibility index (Phi) is 5.69. The molecule has 0 aromatic heterocycles. The van der Waals surface area contributed by atoms with Gasteiger partial charge >= 0.3 is 0 Å². The van der Waals surface area contributed by atoms with Crippen molar-refractivity contribution < 1.29 is 0 Å². The topological polar surface area (TPSA) is 12.0 Å². The van der Waals surface area contributed by atoms with Gasteiger partial charge in [0.15, 0.2) is 0 Å². The van der Waals surface area contributed by atoms with E-state index in [-0.39, 0.29) is 6.04 Å². The van der Waals surface area contributed by atoms with Crippen LogP contribution >= 0.6 is 23.2 Å². The highest BCUT2D eigenvalue weighted by Gasteiger charge is 2.16. The second kappa shape index (κ2) is 7.31. The van der Waals surface area contributed by atoms with Crippen molar-refractivity contribution in [3.63, 3.8) is 0 Å². The van der Waals surface area contributed by atoms with Crippen molar-refractivity contribution in [2.75, 3.05) is 6.54 Å². The lowest BCUT2D eigenvalue weighted by Gasteiger charge is -2.21. The summed E-state index contributed by atoms with van der Waals surface area (Å²) in [5.74, 6) is 0.534. The molecular formula is C18H21Cl2N. The number of nitrogens with one attached hydrogen (secondary N) is 1. The van der Waals surface area contributed by atoms with E-state index in [9.17, 15) is 0 Å². The van der Waals surface area contributed by atoms with E-state index in [4.69, 9.17) is 23.2 Å². The molecule has 2 aromatic rings. The average molecular weight is 322 g/mol. The predicted molar refractivity (Wildman–Crippen MR) is 92.5 cm³/mol. The molecule has 3 heteroatoms. The fraction of sp³-hybridized carbons (Fsp3) is 0.333. The van der Waals surface area contributed by atoms with Crippen molar-refractivity contribution in [2.45, 2.75) is 32.7 Å². The normalized spacial score (nSPS) is 12.7. The fourth-order valence-electron chi connectivity index (χ4n) is 2.42. The molecule has 2 aromatic carbocycles. The van der Waals surface area contributed by atoms with Crippen LogP contribution < -0.4 is 5.32 Å². The van der Waals surface area contributed by atoms with Crippen molar-refractivity contribution in [3.8, 4) is 0 Å². The van der Waals surface area contributed by atoms with Gasteiger partial charge in [-0.15, -0.1) is 0 Å². The van der Waals surface area contributed by atoms with Gasteiger partial charge in [0.1, 0.15) is 0 Å². The van der Waals surface area contributed by atoms with Gasteiger partial charge in [0, 0.05) is 10.0 Å². The zero-order chi connectivity index (χ0) is 15.4. The maximum Gasteiger partial charge on any atom is 0.0591 e. The first-order valence-electron chi connectivity index (χ1n) is 7.31. The van der Waals surface area contributed by atoms with Crippen molar-refractivity contribution in [1.29, 1.82) is 0 Å². The monoisotopic (exact) mass is 321 g/mol. The fourth-order valence-corrected chi connectivity index (χ4v) is 2.83. The average Bonchev–Trinajstić information content (AvgIpc) is 2.48. The summed E-state index contributed by atoms with van der Waals surface area (Å²) in [5.41, 5.74) is 3.56. The van der Waals surface area contributed by atoms with Crippen LogP contribution in [0.25, 0.3) is 0 Å². The first-order valence-corrected chi connectivity index (χ1v) is 8.06. The Balaban J connectivity index is 2.40. The Hall–Kier alpha value is -1.02. The molecule has 0 bridgehead atoms. The highest BCUT2D eigenvalue weighted by Crippen LogP contribution is 2.31. The van der Waals surface area contributed by atoms with Crippen LogP contribution in [0.1, 0.15) is 49.4 Å². The third-order valence-electron chi connectivity index (χ3n) is 3.61. The second-order valence-electron chi connectivity index (χ2n) is 5.48. The Labute approximate surface area is 137 Å². The molecule has 2 rings (SSSR count). The van der Waals surface area contributed by atoms with Gasteiger partial charge in [-0.25, -0.2) is 0 Å². The number of benzene rings is 2. The quantitative estimate of drug-likeness (QED) is 0.732. The van der Waals surface area contributed by atoms with Gasteiger partial charge in [0.2, 0.25) is 0 Å². The number of hydrogen-bond donors (Lipinski definition) is 1. The highest BCUT2D eigenvalue weighted by atomic mass is 35.5. The van der Waals surface area contributed by atoms with Crippen LogP contribution in [0.15, 0.2) is 42.5 Å². The molecule has 112 valence electrons. The molecular weight excluding hydrogens is 301 g/mol. The smallest absolute Gasteiger partial charge is 0.0591 e. The molecule has 1 unspecified atom stereocenters. The Morgan fingerprint density at radius 1 is 0.952 bits per heavy atom. The number of halogens is 2. The van der Waals surface area contributed by atoms with Gasteiger partial charge in [-0.1, -0.05) is 68.2 Å². The summed E-state index contributed by atoms with van der Waals surface area (Å²) in [6.45, 7) is 7.35. The Morgan fingerprint density at radius 2 is 1.57 bits per heavy atom. The second-order valence-corrected chi connectivity index (χ2v) is 6.32. The summed E-state index contributed by atoms with van der Waals surface area (Å²) in [7, 11) is 0. The molecule has 1 nitrogen and oxygen atoms in total. The summed E-state index contributed by atoms with van der Waals surface area (Å²) in [5, 5.41) is 4.93.